The first kappa shape index (κ1) is 13.5. The van der Waals surface area contributed by atoms with E-state index in [2.05, 4.69) is 0 Å². The summed E-state index contributed by atoms with van der Waals surface area (Å²) < 4.78 is 5.18. The van der Waals surface area contributed by atoms with Gasteiger partial charge in [-0.3, -0.25) is 4.79 Å². The summed E-state index contributed by atoms with van der Waals surface area (Å²) >= 11 is 0. The number of nitrogens with zero attached hydrogens (tertiary/aromatic N) is 3. The molecule has 1 fully saturated rings. The van der Waals surface area contributed by atoms with Crippen LogP contribution in [0.4, 0.5) is 4.79 Å². The smallest absolute Gasteiger partial charge is 0.424 e. The first-order valence-electron chi connectivity index (χ1n) is 5.47. The summed E-state index contributed by atoms with van der Waals surface area (Å²) in [5.74, 6) is -0.169. The van der Waals surface area contributed by atoms with Gasteiger partial charge in [0.2, 0.25) is 0 Å². The van der Waals surface area contributed by atoms with Crippen LogP contribution in [-0.2, 0) is 9.53 Å². The van der Waals surface area contributed by atoms with Crippen LogP contribution in [0, 0.1) is 17.2 Å². The summed E-state index contributed by atoms with van der Waals surface area (Å²) in [6.45, 7) is 0. The minimum absolute atomic E-state index is 0.0526. The van der Waals surface area contributed by atoms with Gasteiger partial charge >= 0.3 is 6.09 Å². The standard InChI is InChI=1S/C11H17N3O3/c1-13(2)14(3)11(16)17-9-6-8(7-9)10(15)4-5-12/h8-9H,4,6-7H2,1-3H3. The quantitative estimate of drug-likeness (QED) is 0.678. The zero-order valence-corrected chi connectivity index (χ0v) is 10.3. The molecule has 1 aliphatic carbocycles. The first-order chi connectivity index (χ1) is 7.95. The van der Waals surface area contributed by atoms with E-state index in [-0.39, 0.29) is 24.2 Å². The van der Waals surface area contributed by atoms with Gasteiger partial charge in [-0.15, -0.1) is 0 Å². The van der Waals surface area contributed by atoms with Crippen molar-refractivity contribution >= 4 is 11.9 Å². The lowest BCUT2D eigenvalue weighted by atomic mass is 9.78. The molecule has 0 aromatic carbocycles. The first-order valence-corrected chi connectivity index (χ1v) is 5.47. The van der Waals surface area contributed by atoms with Crippen molar-refractivity contribution in [2.75, 3.05) is 21.1 Å². The van der Waals surface area contributed by atoms with Gasteiger partial charge in [0.25, 0.3) is 0 Å². The number of hydrazine groups is 1. The van der Waals surface area contributed by atoms with Gasteiger partial charge in [-0.25, -0.2) is 14.8 Å². The molecular weight excluding hydrogens is 222 g/mol. The molecule has 0 aromatic rings. The number of ether oxygens (including phenoxy) is 1. The lowest BCUT2D eigenvalue weighted by molar-refractivity contribution is -0.129. The summed E-state index contributed by atoms with van der Waals surface area (Å²) in [5, 5.41) is 11.3. The lowest BCUT2D eigenvalue weighted by Gasteiger charge is -2.35. The normalized spacial score (nSPS) is 22.5. The number of carbonyl (C=O) groups excluding carboxylic acids is 2. The third-order valence-electron chi connectivity index (χ3n) is 2.94. The third kappa shape index (κ3) is 3.43. The largest absolute Gasteiger partial charge is 0.445 e. The molecule has 94 valence electrons. The van der Waals surface area contributed by atoms with E-state index in [0.717, 1.165) is 0 Å². The molecule has 0 heterocycles. The number of hydrogen-bond acceptors (Lipinski definition) is 5. The molecule has 0 aromatic heterocycles. The van der Waals surface area contributed by atoms with Crippen molar-refractivity contribution in [3.8, 4) is 6.07 Å². The fraction of sp³-hybridized carbons (Fsp3) is 0.727. The molecule has 0 spiro atoms. The maximum absolute atomic E-state index is 11.5. The average molecular weight is 239 g/mol. The highest BCUT2D eigenvalue weighted by Crippen LogP contribution is 2.31. The number of Topliss-reactive ketones (excluding diaryl/α,β-unsaturated/α-hetero) is 1. The SMILES string of the molecule is CN(C)N(C)C(=O)OC1CC(C(=O)CC#N)C1. The molecule has 0 atom stereocenters. The van der Waals surface area contributed by atoms with Crippen LogP contribution in [0.3, 0.4) is 0 Å². The van der Waals surface area contributed by atoms with Gasteiger partial charge in [0.05, 0.1) is 12.5 Å². The maximum Gasteiger partial charge on any atom is 0.424 e. The number of rotatable bonds is 4. The second-order valence-corrected chi connectivity index (χ2v) is 4.35. The van der Waals surface area contributed by atoms with E-state index in [9.17, 15) is 9.59 Å². The van der Waals surface area contributed by atoms with E-state index in [0.29, 0.717) is 12.8 Å². The number of amides is 1. The Bertz CT molecular complexity index is 342. The van der Waals surface area contributed by atoms with Gasteiger partial charge in [0, 0.05) is 27.1 Å². The molecule has 1 saturated carbocycles. The molecule has 0 unspecified atom stereocenters. The Morgan fingerprint density at radius 2 is 1.94 bits per heavy atom. The Kier molecular flexibility index (Phi) is 4.46. The summed E-state index contributed by atoms with van der Waals surface area (Å²) in [6, 6.07) is 1.83. The predicted molar refractivity (Wildman–Crippen MR) is 59.7 cm³/mol. The number of carbonyl (C=O) groups is 2. The molecule has 0 saturated heterocycles. The fourth-order valence-electron chi connectivity index (χ4n) is 1.53. The van der Waals surface area contributed by atoms with E-state index in [1.54, 1.807) is 26.2 Å². The van der Waals surface area contributed by atoms with Gasteiger partial charge < -0.3 is 4.74 Å². The molecule has 1 rings (SSSR count). The van der Waals surface area contributed by atoms with Crippen molar-refractivity contribution < 1.29 is 14.3 Å². The van der Waals surface area contributed by atoms with Crippen LogP contribution in [0.1, 0.15) is 19.3 Å². The van der Waals surface area contributed by atoms with Crippen molar-refractivity contribution in [2.24, 2.45) is 5.92 Å². The molecule has 6 heteroatoms. The molecule has 0 bridgehead atoms. The van der Waals surface area contributed by atoms with Crippen LogP contribution < -0.4 is 0 Å². The van der Waals surface area contributed by atoms with E-state index in [1.165, 1.54) is 5.01 Å². The van der Waals surface area contributed by atoms with Gasteiger partial charge in [0.15, 0.2) is 0 Å². The van der Waals surface area contributed by atoms with E-state index in [4.69, 9.17) is 10.00 Å². The molecule has 0 radical (unpaired) electrons. The van der Waals surface area contributed by atoms with Crippen LogP contribution >= 0.6 is 0 Å². The Morgan fingerprint density at radius 3 is 2.41 bits per heavy atom. The third-order valence-corrected chi connectivity index (χ3v) is 2.94. The van der Waals surface area contributed by atoms with Crippen LogP contribution in [0.25, 0.3) is 0 Å². The number of hydrogen-bond donors (Lipinski definition) is 0. The molecule has 1 amide bonds. The van der Waals surface area contributed by atoms with Crippen molar-refractivity contribution in [3.05, 3.63) is 0 Å². The maximum atomic E-state index is 11.5. The van der Waals surface area contributed by atoms with Crippen LogP contribution in [-0.4, -0.2) is 49.1 Å². The Morgan fingerprint density at radius 1 is 1.35 bits per heavy atom. The van der Waals surface area contributed by atoms with Crippen molar-refractivity contribution in [1.29, 1.82) is 5.26 Å². The Balaban J connectivity index is 2.28. The van der Waals surface area contributed by atoms with Crippen molar-refractivity contribution in [2.45, 2.75) is 25.4 Å². The number of nitriles is 1. The summed E-state index contributed by atoms with van der Waals surface area (Å²) in [7, 11) is 5.09. The second-order valence-electron chi connectivity index (χ2n) is 4.35. The zero-order chi connectivity index (χ0) is 13.0. The van der Waals surface area contributed by atoms with Crippen molar-refractivity contribution in [1.82, 2.24) is 10.0 Å². The van der Waals surface area contributed by atoms with E-state index >= 15 is 0 Å². The van der Waals surface area contributed by atoms with Crippen molar-refractivity contribution in [3.63, 3.8) is 0 Å². The van der Waals surface area contributed by atoms with Crippen LogP contribution in [0.2, 0.25) is 0 Å². The Labute approximate surface area is 101 Å². The predicted octanol–water partition coefficient (Wildman–Crippen LogP) is 0.793. The number of ketones is 1. The fourth-order valence-corrected chi connectivity index (χ4v) is 1.53. The summed E-state index contributed by atoms with van der Waals surface area (Å²) in [4.78, 5) is 22.8. The topological polar surface area (TPSA) is 73.6 Å². The second kappa shape index (κ2) is 5.64. The highest BCUT2D eigenvalue weighted by Gasteiger charge is 2.37. The van der Waals surface area contributed by atoms with E-state index in [1.807, 2.05) is 6.07 Å². The minimum atomic E-state index is -0.425. The minimum Gasteiger partial charge on any atom is -0.445 e. The van der Waals surface area contributed by atoms with Crippen LogP contribution in [0.5, 0.6) is 0 Å². The molecule has 17 heavy (non-hydrogen) atoms. The van der Waals surface area contributed by atoms with Gasteiger partial charge in [-0.2, -0.15) is 5.26 Å². The molecule has 0 N–H and O–H groups in total. The van der Waals surface area contributed by atoms with Gasteiger partial charge in [-0.05, 0) is 12.8 Å². The average Bonchev–Trinajstić information content (AvgIpc) is 2.21. The molecule has 0 aliphatic heterocycles. The molecular formula is C11H17N3O3. The van der Waals surface area contributed by atoms with Crippen LogP contribution in [0.15, 0.2) is 0 Å². The molecule has 1 aliphatic rings. The summed E-state index contributed by atoms with van der Waals surface area (Å²) in [6.07, 6.45) is 0.396. The van der Waals surface area contributed by atoms with Gasteiger partial charge in [-0.1, -0.05) is 0 Å². The lowest BCUT2D eigenvalue weighted by Crippen LogP contribution is -2.44. The Hall–Kier alpha value is -1.61. The van der Waals surface area contributed by atoms with Gasteiger partial charge in [0.1, 0.15) is 11.9 Å². The zero-order valence-electron chi connectivity index (χ0n) is 10.3. The van der Waals surface area contributed by atoms with E-state index < -0.39 is 6.09 Å². The monoisotopic (exact) mass is 239 g/mol. The summed E-state index contributed by atoms with van der Waals surface area (Å²) in [5.41, 5.74) is 0. The molecule has 6 nitrogen and oxygen atoms in total. The highest BCUT2D eigenvalue weighted by molar-refractivity contribution is 5.83. The highest BCUT2D eigenvalue weighted by atomic mass is 16.6.